The number of halogens is 2. The van der Waals surface area contributed by atoms with Gasteiger partial charge in [0.05, 0.1) is 10.9 Å². The maximum atomic E-state index is 14.8. The van der Waals surface area contributed by atoms with Crippen LogP contribution < -0.4 is 16.6 Å². The van der Waals surface area contributed by atoms with Gasteiger partial charge < -0.3 is 20.2 Å². The van der Waals surface area contributed by atoms with Gasteiger partial charge in [0.1, 0.15) is 29.4 Å². The van der Waals surface area contributed by atoms with Crippen molar-refractivity contribution in [3.05, 3.63) is 87.7 Å². The number of aryl methyl sites for hydroxylation is 1. The molecule has 0 amide bonds. The van der Waals surface area contributed by atoms with Crippen molar-refractivity contribution in [3.63, 3.8) is 0 Å². The molecule has 5 rings (SSSR count). The lowest BCUT2D eigenvalue weighted by molar-refractivity contribution is 0.374. The molecule has 9 heteroatoms. The number of hydrogen-bond donors (Lipinski definition) is 2. The molecule has 0 saturated carbocycles. The van der Waals surface area contributed by atoms with E-state index in [1.54, 1.807) is 25.4 Å². The standard InChI is InChI=1S/C27H26F2N6O/c1-34-13-3-6-21(27(34)36)20(22-14-18(28)7-8-23(22)29)5-2-4-17-15-35(19-9-11-31-12-10-19)26-24(17)25(30)32-16-33-26/h3,6-8,13-16,19-20,31H,5,9-12H2,1H3,(H2,30,32,33). The number of hydrogen-bond acceptors (Lipinski definition) is 5. The fraction of sp³-hybridized carbons (Fsp3) is 0.296. The summed E-state index contributed by atoms with van der Waals surface area (Å²) in [5.41, 5.74) is 7.75. The zero-order chi connectivity index (χ0) is 25.2. The molecule has 4 heterocycles. The molecule has 0 bridgehead atoms. The lowest BCUT2D eigenvalue weighted by Crippen LogP contribution is -2.29. The minimum atomic E-state index is -0.750. The van der Waals surface area contributed by atoms with Gasteiger partial charge in [0.2, 0.25) is 0 Å². The molecule has 0 spiro atoms. The normalized spacial score (nSPS) is 15.0. The van der Waals surface area contributed by atoms with Gasteiger partial charge in [-0.2, -0.15) is 0 Å². The van der Waals surface area contributed by atoms with Crippen molar-refractivity contribution in [2.45, 2.75) is 31.2 Å². The molecule has 7 nitrogen and oxygen atoms in total. The molecule has 3 aromatic heterocycles. The molecule has 1 unspecified atom stereocenters. The van der Waals surface area contributed by atoms with Crippen LogP contribution in [0, 0.1) is 23.5 Å². The summed E-state index contributed by atoms with van der Waals surface area (Å²) in [7, 11) is 1.62. The zero-order valence-electron chi connectivity index (χ0n) is 19.8. The third-order valence-corrected chi connectivity index (χ3v) is 6.73. The van der Waals surface area contributed by atoms with E-state index in [9.17, 15) is 13.6 Å². The van der Waals surface area contributed by atoms with Crippen molar-refractivity contribution >= 4 is 16.9 Å². The summed E-state index contributed by atoms with van der Waals surface area (Å²) in [6.45, 7) is 1.83. The molecule has 1 saturated heterocycles. The second-order valence-electron chi connectivity index (χ2n) is 8.99. The Morgan fingerprint density at radius 1 is 1.19 bits per heavy atom. The predicted octanol–water partition coefficient (Wildman–Crippen LogP) is 3.49. The van der Waals surface area contributed by atoms with Crippen molar-refractivity contribution in [2.75, 3.05) is 18.8 Å². The summed E-state index contributed by atoms with van der Waals surface area (Å²) < 4.78 is 32.4. The number of piperidine rings is 1. The topological polar surface area (TPSA) is 90.8 Å². The van der Waals surface area contributed by atoms with Crippen LogP contribution in [0.2, 0.25) is 0 Å². The smallest absolute Gasteiger partial charge is 0.254 e. The van der Waals surface area contributed by atoms with E-state index in [-0.39, 0.29) is 23.6 Å². The average Bonchev–Trinajstić information content (AvgIpc) is 3.26. The van der Waals surface area contributed by atoms with Gasteiger partial charge in [-0.3, -0.25) is 4.79 Å². The highest BCUT2D eigenvalue weighted by molar-refractivity contribution is 5.92. The first-order valence-corrected chi connectivity index (χ1v) is 11.8. The molecule has 1 fully saturated rings. The lowest BCUT2D eigenvalue weighted by atomic mass is 9.89. The van der Waals surface area contributed by atoms with Crippen LogP contribution >= 0.6 is 0 Å². The van der Waals surface area contributed by atoms with E-state index in [0.717, 1.165) is 49.8 Å². The Labute approximate surface area is 207 Å². The van der Waals surface area contributed by atoms with E-state index in [2.05, 4.69) is 31.7 Å². The van der Waals surface area contributed by atoms with Crippen molar-refractivity contribution in [1.82, 2.24) is 24.4 Å². The molecule has 1 aliphatic heterocycles. The summed E-state index contributed by atoms with van der Waals surface area (Å²) >= 11 is 0. The number of nitrogens with zero attached hydrogens (tertiary/aromatic N) is 4. The Bertz CT molecular complexity index is 1540. The number of pyridine rings is 1. The number of aromatic nitrogens is 4. The predicted molar refractivity (Wildman–Crippen MR) is 134 cm³/mol. The molecule has 1 aliphatic rings. The van der Waals surface area contributed by atoms with Crippen molar-refractivity contribution in [2.24, 2.45) is 7.05 Å². The van der Waals surface area contributed by atoms with E-state index in [1.165, 1.54) is 10.9 Å². The number of fused-ring (bicyclic) bond motifs is 1. The first-order valence-electron chi connectivity index (χ1n) is 11.8. The quantitative estimate of drug-likeness (QED) is 0.429. The van der Waals surface area contributed by atoms with Gasteiger partial charge in [0.15, 0.2) is 0 Å². The summed E-state index contributed by atoms with van der Waals surface area (Å²) in [5, 5.41) is 4.04. The third kappa shape index (κ3) is 4.48. The van der Waals surface area contributed by atoms with Gasteiger partial charge in [-0.1, -0.05) is 17.9 Å². The van der Waals surface area contributed by atoms with Gasteiger partial charge in [-0.15, -0.1) is 0 Å². The molecule has 4 aromatic rings. The third-order valence-electron chi connectivity index (χ3n) is 6.73. The highest BCUT2D eigenvalue weighted by Crippen LogP contribution is 2.31. The minimum Gasteiger partial charge on any atom is -0.383 e. The molecule has 1 aromatic carbocycles. The second-order valence-corrected chi connectivity index (χ2v) is 8.99. The van der Waals surface area contributed by atoms with Crippen LogP contribution in [0.4, 0.5) is 14.6 Å². The largest absolute Gasteiger partial charge is 0.383 e. The van der Waals surface area contributed by atoms with Gasteiger partial charge in [0, 0.05) is 43.4 Å². The highest BCUT2D eigenvalue weighted by Gasteiger charge is 2.23. The molecular weight excluding hydrogens is 462 g/mol. The van der Waals surface area contributed by atoms with Crippen LogP contribution in [0.3, 0.4) is 0 Å². The summed E-state index contributed by atoms with van der Waals surface area (Å²) in [5.74, 6) is 4.68. The number of nitrogen functional groups attached to an aromatic ring is 1. The van der Waals surface area contributed by atoms with Crippen LogP contribution in [0.25, 0.3) is 11.0 Å². The zero-order valence-corrected chi connectivity index (χ0v) is 19.8. The van der Waals surface area contributed by atoms with Crippen LogP contribution in [0.5, 0.6) is 0 Å². The molecule has 36 heavy (non-hydrogen) atoms. The fourth-order valence-corrected chi connectivity index (χ4v) is 4.87. The van der Waals surface area contributed by atoms with Crippen LogP contribution in [-0.4, -0.2) is 32.2 Å². The minimum absolute atomic E-state index is 0.0904. The van der Waals surface area contributed by atoms with Crippen LogP contribution in [0.1, 0.15) is 47.9 Å². The highest BCUT2D eigenvalue weighted by atomic mass is 19.1. The van der Waals surface area contributed by atoms with Crippen molar-refractivity contribution in [3.8, 4) is 11.8 Å². The van der Waals surface area contributed by atoms with Crippen molar-refractivity contribution in [1.29, 1.82) is 0 Å². The van der Waals surface area contributed by atoms with Gasteiger partial charge in [-0.25, -0.2) is 18.7 Å². The van der Waals surface area contributed by atoms with Gasteiger partial charge in [-0.05, 0) is 55.8 Å². The number of nitrogens with one attached hydrogen (secondary N) is 1. The van der Waals surface area contributed by atoms with Crippen LogP contribution in [0.15, 0.2) is 53.8 Å². The maximum Gasteiger partial charge on any atom is 0.254 e. The molecule has 3 N–H and O–H groups in total. The summed E-state index contributed by atoms with van der Waals surface area (Å²) in [4.78, 5) is 21.5. The number of nitrogens with two attached hydrogens (primary N) is 1. The Morgan fingerprint density at radius 2 is 2.00 bits per heavy atom. The van der Waals surface area contributed by atoms with Gasteiger partial charge >= 0.3 is 0 Å². The Balaban J connectivity index is 1.57. The SMILES string of the molecule is Cn1cccc(C(CC#Cc2cn(C3CCNCC3)c3ncnc(N)c23)c2cc(F)ccc2F)c1=O. The molecule has 0 radical (unpaired) electrons. The molecule has 0 aliphatic carbocycles. The van der Waals surface area contributed by atoms with E-state index in [0.29, 0.717) is 22.3 Å². The van der Waals surface area contributed by atoms with Crippen molar-refractivity contribution < 1.29 is 8.78 Å². The maximum absolute atomic E-state index is 14.8. The van der Waals surface area contributed by atoms with E-state index >= 15 is 0 Å². The summed E-state index contributed by atoms with van der Waals surface area (Å²) in [6.07, 6.45) is 7.03. The molecule has 1 atom stereocenters. The first kappa shape index (κ1) is 23.7. The Kier molecular flexibility index (Phi) is 6.53. The summed E-state index contributed by atoms with van der Waals surface area (Å²) in [6, 6.07) is 6.86. The van der Waals surface area contributed by atoms with Gasteiger partial charge in [0.25, 0.3) is 5.56 Å². The van der Waals surface area contributed by atoms with E-state index in [4.69, 9.17) is 5.73 Å². The first-order chi connectivity index (χ1) is 17.4. The van der Waals surface area contributed by atoms with Crippen LogP contribution in [-0.2, 0) is 7.05 Å². The van der Waals surface area contributed by atoms with E-state index in [1.807, 2.05) is 6.20 Å². The number of benzene rings is 1. The Morgan fingerprint density at radius 3 is 2.81 bits per heavy atom. The number of anilines is 1. The van der Waals surface area contributed by atoms with E-state index < -0.39 is 17.6 Å². The average molecular weight is 489 g/mol. The Hall–Kier alpha value is -4.03. The monoisotopic (exact) mass is 488 g/mol. The fourth-order valence-electron chi connectivity index (χ4n) is 4.87. The molecular formula is C27H26F2N6O. The molecule has 184 valence electrons. The number of rotatable bonds is 4. The lowest BCUT2D eigenvalue weighted by Gasteiger charge is -2.24. The second kappa shape index (κ2) is 9.91.